The number of hydrogen-bond acceptors (Lipinski definition) is 2. The third-order valence-electron chi connectivity index (χ3n) is 3.45. The Morgan fingerprint density at radius 1 is 0.952 bits per heavy atom. The van der Waals surface area contributed by atoms with Crippen molar-refractivity contribution in [2.45, 2.75) is 13.0 Å². The van der Waals surface area contributed by atoms with Gasteiger partial charge in [-0.3, -0.25) is 4.98 Å². The Morgan fingerprint density at radius 3 is 2.43 bits per heavy atom. The molecule has 0 spiro atoms. The molecule has 3 rings (SSSR count). The lowest BCUT2D eigenvalue weighted by Gasteiger charge is -2.17. The third-order valence-corrected chi connectivity index (χ3v) is 3.93. The summed E-state index contributed by atoms with van der Waals surface area (Å²) in [7, 11) is 0. The van der Waals surface area contributed by atoms with Gasteiger partial charge in [-0.2, -0.15) is 0 Å². The molecule has 1 aromatic heterocycles. The largest absolute Gasteiger partial charge is 0.378 e. The van der Waals surface area contributed by atoms with E-state index in [0.29, 0.717) is 5.02 Å². The number of aromatic nitrogens is 1. The zero-order chi connectivity index (χ0) is 14.8. The Morgan fingerprint density at radius 2 is 1.67 bits per heavy atom. The summed E-state index contributed by atoms with van der Waals surface area (Å²) in [6, 6.07) is 15.7. The molecule has 1 atom stereocenters. The fourth-order valence-corrected chi connectivity index (χ4v) is 2.61. The van der Waals surface area contributed by atoms with Gasteiger partial charge in [0, 0.05) is 33.4 Å². The average Bonchev–Trinajstić information content (AvgIpc) is 2.47. The molecule has 0 saturated carbocycles. The van der Waals surface area contributed by atoms with E-state index in [0.717, 1.165) is 21.6 Å². The molecule has 0 radical (unpaired) electrons. The number of nitrogens with zero attached hydrogens (tertiary/aromatic N) is 1. The van der Waals surface area contributed by atoms with Gasteiger partial charge >= 0.3 is 0 Å². The van der Waals surface area contributed by atoms with Gasteiger partial charge in [-0.05, 0) is 48.9 Å². The van der Waals surface area contributed by atoms with Crippen molar-refractivity contribution in [2.75, 3.05) is 5.32 Å². The first-order valence-corrected chi connectivity index (χ1v) is 7.45. The molecule has 21 heavy (non-hydrogen) atoms. The number of hydrogen-bond donors (Lipinski definition) is 1. The number of rotatable bonds is 3. The summed E-state index contributed by atoms with van der Waals surface area (Å²) in [6.07, 6.45) is 1.79. The van der Waals surface area contributed by atoms with Crippen LogP contribution in [0.5, 0.6) is 0 Å². The van der Waals surface area contributed by atoms with Crippen molar-refractivity contribution >= 4 is 39.8 Å². The molecule has 0 aliphatic carbocycles. The number of anilines is 1. The standard InChI is InChI=1S/C17H14Cl2N2/c1-11(12-2-4-13(18)5-3-12)21-16-8-9-20-17-10-14(19)6-7-15(16)17/h2-11H,1H3,(H,20,21). The Bertz CT molecular complexity index is 769. The average molecular weight is 317 g/mol. The van der Waals surface area contributed by atoms with E-state index >= 15 is 0 Å². The molecule has 4 heteroatoms. The minimum atomic E-state index is 0.170. The van der Waals surface area contributed by atoms with Crippen LogP contribution in [0.3, 0.4) is 0 Å². The summed E-state index contributed by atoms with van der Waals surface area (Å²) >= 11 is 11.9. The van der Waals surface area contributed by atoms with Gasteiger partial charge < -0.3 is 5.32 Å². The smallest absolute Gasteiger partial charge is 0.0737 e. The van der Waals surface area contributed by atoms with Crippen molar-refractivity contribution in [1.82, 2.24) is 4.98 Å². The second-order valence-corrected chi connectivity index (χ2v) is 5.81. The van der Waals surface area contributed by atoms with E-state index in [-0.39, 0.29) is 6.04 Å². The summed E-state index contributed by atoms with van der Waals surface area (Å²) in [4.78, 5) is 4.35. The van der Waals surface area contributed by atoms with Crippen molar-refractivity contribution < 1.29 is 0 Å². The van der Waals surface area contributed by atoms with E-state index in [4.69, 9.17) is 23.2 Å². The van der Waals surface area contributed by atoms with E-state index in [9.17, 15) is 0 Å². The van der Waals surface area contributed by atoms with Crippen LogP contribution in [0, 0.1) is 0 Å². The molecule has 1 N–H and O–H groups in total. The van der Waals surface area contributed by atoms with Gasteiger partial charge in [0.2, 0.25) is 0 Å². The van der Waals surface area contributed by atoms with Gasteiger partial charge in [-0.25, -0.2) is 0 Å². The second-order valence-electron chi connectivity index (χ2n) is 4.94. The number of fused-ring (bicyclic) bond motifs is 1. The molecular formula is C17H14Cl2N2. The Balaban J connectivity index is 1.92. The van der Waals surface area contributed by atoms with Crippen LogP contribution in [-0.2, 0) is 0 Å². The van der Waals surface area contributed by atoms with Crippen LogP contribution in [0.2, 0.25) is 10.0 Å². The lowest BCUT2D eigenvalue weighted by Crippen LogP contribution is -2.07. The van der Waals surface area contributed by atoms with Crippen LogP contribution in [0.25, 0.3) is 10.9 Å². The van der Waals surface area contributed by atoms with Crippen LogP contribution in [0.4, 0.5) is 5.69 Å². The zero-order valence-electron chi connectivity index (χ0n) is 11.5. The van der Waals surface area contributed by atoms with E-state index in [2.05, 4.69) is 17.2 Å². The molecule has 1 unspecified atom stereocenters. The highest BCUT2D eigenvalue weighted by Gasteiger charge is 2.08. The van der Waals surface area contributed by atoms with Gasteiger partial charge in [-0.15, -0.1) is 0 Å². The first kappa shape index (κ1) is 14.2. The number of pyridine rings is 1. The molecule has 106 valence electrons. The normalized spacial score (nSPS) is 12.3. The Labute approximate surface area is 133 Å². The van der Waals surface area contributed by atoms with Gasteiger partial charge in [0.1, 0.15) is 0 Å². The van der Waals surface area contributed by atoms with Crippen molar-refractivity contribution in [1.29, 1.82) is 0 Å². The van der Waals surface area contributed by atoms with Crippen molar-refractivity contribution in [3.05, 3.63) is 70.3 Å². The highest BCUT2D eigenvalue weighted by Crippen LogP contribution is 2.28. The predicted molar refractivity (Wildman–Crippen MR) is 90.2 cm³/mol. The quantitative estimate of drug-likeness (QED) is 0.669. The number of benzene rings is 2. The Kier molecular flexibility index (Phi) is 4.00. The lowest BCUT2D eigenvalue weighted by molar-refractivity contribution is 0.886. The SMILES string of the molecule is CC(Nc1ccnc2cc(Cl)ccc12)c1ccc(Cl)cc1. The van der Waals surface area contributed by atoms with Crippen molar-refractivity contribution in [3.8, 4) is 0 Å². The molecule has 2 nitrogen and oxygen atoms in total. The summed E-state index contributed by atoms with van der Waals surface area (Å²) < 4.78 is 0. The van der Waals surface area contributed by atoms with Gasteiger partial charge in [0.05, 0.1) is 5.52 Å². The van der Waals surface area contributed by atoms with Gasteiger partial charge in [0.25, 0.3) is 0 Å². The maximum Gasteiger partial charge on any atom is 0.0737 e. The Hall–Kier alpha value is -1.77. The third kappa shape index (κ3) is 3.12. The molecule has 2 aromatic carbocycles. The monoisotopic (exact) mass is 316 g/mol. The molecule has 0 fully saturated rings. The summed E-state index contributed by atoms with van der Waals surface area (Å²) in [6.45, 7) is 2.12. The fraction of sp³-hybridized carbons (Fsp3) is 0.118. The highest BCUT2D eigenvalue weighted by atomic mass is 35.5. The minimum Gasteiger partial charge on any atom is -0.378 e. The highest BCUT2D eigenvalue weighted by molar-refractivity contribution is 6.31. The van der Waals surface area contributed by atoms with E-state index < -0.39 is 0 Å². The van der Waals surface area contributed by atoms with E-state index in [1.807, 2.05) is 48.5 Å². The van der Waals surface area contributed by atoms with Crippen molar-refractivity contribution in [3.63, 3.8) is 0 Å². The van der Waals surface area contributed by atoms with Crippen molar-refractivity contribution in [2.24, 2.45) is 0 Å². The maximum atomic E-state index is 6.01. The molecule has 0 amide bonds. The zero-order valence-corrected chi connectivity index (χ0v) is 13.0. The van der Waals surface area contributed by atoms with Crippen LogP contribution in [-0.4, -0.2) is 4.98 Å². The first-order chi connectivity index (χ1) is 10.1. The predicted octanol–water partition coefficient (Wildman–Crippen LogP) is 5.71. The van der Waals surface area contributed by atoms with E-state index in [1.165, 1.54) is 5.56 Å². The maximum absolute atomic E-state index is 6.01. The van der Waals surface area contributed by atoms with Crippen LogP contribution < -0.4 is 5.32 Å². The van der Waals surface area contributed by atoms with Gasteiger partial charge in [-0.1, -0.05) is 35.3 Å². The molecule has 0 aliphatic heterocycles. The molecule has 0 bridgehead atoms. The molecule has 1 heterocycles. The summed E-state index contributed by atoms with van der Waals surface area (Å²) in [5.41, 5.74) is 3.10. The fourth-order valence-electron chi connectivity index (χ4n) is 2.32. The second kappa shape index (κ2) is 5.92. The van der Waals surface area contributed by atoms with Crippen LogP contribution >= 0.6 is 23.2 Å². The first-order valence-electron chi connectivity index (χ1n) is 6.70. The number of halogens is 2. The molecule has 3 aromatic rings. The number of nitrogens with one attached hydrogen (secondary N) is 1. The van der Waals surface area contributed by atoms with Crippen LogP contribution in [0.15, 0.2) is 54.7 Å². The molecule has 0 aliphatic rings. The topological polar surface area (TPSA) is 24.9 Å². The molecular weight excluding hydrogens is 303 g/mol. The lowest BCUT2D eigenvalue weighted by atomic mass is 10.1. The van der Waals surface area contributed by atoms with Crippen LogP contribution in [0.1, 0.15) is 18.5 Å². The minimum absolute atomic E-state index is 0.170. The van der Waals surface area contributed by atoms with Gasteiger partial charge in [0.15, 0.2) is 0 Å². The molecule has 0 saturated heterocycles. The summed E-state index contributed by atoms with van der Waals surface area (Å²) in [5, 5.41) is 6.01. The van der Waals surface area contributed by atoms with E-state index in [1.54, 1.807) is 6.20 Å². The summed E-state index contributed by atoms with van der Waals surface area (Å²) in [5.74, 6) is 0.